The zero-order chi connectivity index (χ0) is 12.8. The SMILES string of the molecule is Cc1nn2c(=O)cc(C(F)(F)F)nc2[nH]c1=O. The third-order valence-corrected chi connectivity index (χ3v) is 1.99. The van der Waals surface area contributed by atoms with Gasteiger partial charge in [-0.3, -0.25) is 14.6 Å². The lowest BCUT2D eigenvalue weighted by Gasteiger charge is -2.06. The van der Waals surface area contributed by atoms with Gasteiger partial charge >= 0.3 is 6.18 Å². The number of aromatic amines is 1. The minimum Gasteiger partial charge on any atom is -0.289 e. The Morgan fingerprint density at radius 1 is 1.35 bits per heavy atom. The highest BCUT2D eigenvalue weighted by Crippen LogP contribution is 2.26. The molecule has 0 bridgehead atoms. The number of rotatable bonds is 0. The second-order valence-corrected chi connectivity index (χ2v) is 3.25. The highest BCUT2D eigenvalue weighted by molar-refractivity contribution is 5.27. The zero-order valence-electron chi connectivity index (χ0n) is 8.37. The summed E-state index contributed by atoms with van der Waals surface area (Å²) < 4.78 is 37.7. The maximum atomic E-state index is 12.4. The first-order valence-corrected chi connectivity index (χ1v) is 4.37. The van der Waals surface area contributed by atoms with Crippen molar-refractivity contribution in [1.82, 2.24) is 19.6 Å². The molecule has 90 valence electrons. The number of fused-ring (bicyclic) bond motifs is 1. The van der Waals surface area contributed by atoms with Crippen LogP contribution in [0.3, 0.4) is 0 Å². The van der Waals surface area contributed by atoms with E-state index < -0.39 is 28.8 Å². The molecular weight excluding hydrogens is 241 g/mol. The summed E-state index contributed by atoms with van der Waals surface area (Å²) in [6.45, 7) is 1.32. The number of aryl methyl sites for hydroxylation is 1. The molecule has 0 saturated carbocycles. The molecule has 0 aliphatic carbocycles. The molecule has 0 aliphatic heterocycles. The van der Waals surface area contributed by atoms with E-state index in [9.17, 15) is 22.8 Å². The van der Waals surface area contributed by atoms with Crippen LogP contribution in [0.5, 0.6) is 0 Å². The predicted molar refractivity (Wildman–Crippen MR) is 49.6 cm³/mol. The molecule has 9 heteroatoms. The number of aromatic nitrogens is 4. The molecule has 0 spiro atoms. The van der Waals surface area contributed by atoms with Gasteiger partial charge in [0.2, 0.25) is 5.78 Å². The van der Waals surface area contributed by atoms with E-state index in [0.29, 0.717) is 10.6 Å². The van der Waals surface area contributed by atoms with Crippen LogP contribution in [-0.4, -0.2) is 19.6 Å². The number of alkyl halides is 3. The molecule has 0 aliphatic rings. The fourth-order valence-electron chi connectivity index (χ4n) is 1.19. The first kappa shape index (κ1) is 11.3. The molecule has 2 aromatic heterocycles. The molecule has 6 nitrogen and oxygen atoms in total. The van der Waals surface area contributed by atoms with E-state index in [1.54, 1.807) is 0 Å². The monoisotopic (exact) mass is 246 g/mol. The lowest BCUT2D eigenvalue weighted by atomic mass is 10.4. The Bertz CT molecular complexity index is 700. The van der Waals surface area contributed by atoms with Crippen molar-refractivity contribution < 1.29 is 13.2 Å². The lowest BCUT2D eigenvalue weighted by Crippen LogP contribution is -2.27. The second-order valence-electron chi connectivity index (χ2n) is 3.25. The van der Waals surface area contributed by atoms with Gasteiger partial charge in [0.1, 0.15) is 5.69 Å². The third kappa shape index (κ3) is 1.90. The van der Waals surface area contributed by atoms with E-state index in [2.05, 4.69) is 10.1 Å². The van der Waals surface area contributed by atoms with Gasteiger partial charge in [0.05, 0.1) is 0 Å². The maximum absolute atomic E-state index is 12.4. The van der Waals surface area contributed by atoms with Crippen molar-refractivity contribution in [1.29, 1.82) is 0 Å². The topological polar surface area (TPSA) is 80.1 Å². The van der Waals surface area contributed by atoms with Crippen LogP contribution in [0.4, 0.5) is 13.2 Å². The van der Waals surface area contributed by atoms with Crippen LogP contribution >= 0.6 is 0 Å². The average molecular weight is 246 g/mol. The van der Waals surface area contributed by atoms with Gasteiger partial charge in [0, 0.05) is 6.07 Å². The summed E-state index contributed by atoms with van der Waals surface area (Å²) >= 11 is 0. The number of nitrogens with zero attached hydrogens (tertiary/aromatic N) is 3. The minimum atomic E-state index is -4.75. The van der Waals surface area contributed by atoms with Crippen molar-refractivity contribution >= 4 is 5.78 Å². The molecule has 17 heavy (non-hydrogen) atoms. The number of halogens is 3. The normalized spacial score (nSPS) is 12.0. The smallest absolute Gasteiger partial charge is 0.289 e. The van der Waals surface area contributed by atoms with Gasteiger partial charge in [0.15, 0.2) is 5.69 Å². The van der Waals surface area contributed by atoms with E-state index >= 15 is 0 Å². The molecule has 1 N–H and O–H groups in total. The summed E-state index contributed by atoms with van der Waals surface area (Å²) in [5.41, 5.74) is -3.12. The van der Waals surface area contributed by atoms with Gasteiger partial charge in [-0.25, -0.2) is 4.98 Å². The molecule has 2 heterocycles. The Hall–Kier alpha value is -2.19. The van der Waals surface area contributed by atoms with Crippen LogP contribution in [0.15, 0.2) is 15.7 Å². The summed E-state index contributed by atoms with van der Waals surface area (Å²) in [6.07, 6.45) is -4.75. The van der Waals surface area contributed by atoms with Crippen molar-refractivity contribution in [2.45, 2.75) is 13.1 Å². The summed E-state index contributed by atoms with van der Waals surface area (Å²) in [4.78, 5) is 27.7. The Morgan fingerprint density at radius 3 is 2.59 bits per heavy atom. The first-order chi connectivity index (χ1) is 7.79. The van der Waals surface area contributed by atoms with E-state index in [1.165, 1.54) is 6.92 Å². The van der Waals surface area contributed by atoms with Crippen LogP contribution in [0.1, 0.15) is 11.4 Å². The molecular formula is C8H5F3N4O2. The highest BCUT2D eigenvalue weighted by atomic mass is 19.4. The Kier molecular flexibility index (Phi) is 2.26. The number of hydrogen-bond donors (Lipinski definition) is 1. The summed E-state index contributed by atoms with van der Waals surface area (Å²) in [6, 6.07) is 0.317. The van der Waals surface area contributed by atoms with Gasteiger partial charge in [-0.15, -0.1) is 0 Å². The Morgan fingerprint density at radius 2 is 2.00 bits per heavy atom. The predicted octanol–water partition coefficient (Wildman–Crippen LogP) is 0.105. The third-order valence-electron chi connectivity index (χ3n) is 1.99. The Labute approximate surface area is 90.7 Å². The van der Waals surface area contributed by atoms with E-state index in [4.69, 9.17) is 0 Å². The lowest BCUT2D eigenvalue weighted by molar-refractivity contribution is -0.141. The Balaban J connectivity index is 2.88. The minimum absolute atomic E-state index is 0.0406. The van der Waals surface area contributed by atoms with Gasteiger partial charge in [-0.1, -0.05) is 0 Å². The van der Waals surface area contributed by atoms with Crippen LogP contribution in [0.25, 0.3) is 5.78 Å². The van der Waals surface area contributed by atoms with Crippen LogP contribution in [-0.2, 0) is 6.18 Å². The summed E-state index contributed by atoms with van der Waals surface area (Å²) in [5, 5.41) is 3.53. The first-order valence-electron chi connectivity index (χ1n) is 4.37. The molecule has 0 saturated heterocycles. The standard InChI is InChI=1S/C8H5F3N4O2/c1-3-6(17)13-7-12-4(8(9,10)11)2-5(16)15(7)14-3/h2H,1H3,(H,12,13,17). The number of H-pyrrole nitrogens is 1. The molecule has 0 radical (unpaired) electrons. The number of hydrogen-bond acceptors (Lipinski definition) is 4. The van der Waals surface area contributed by atoms with Crippen molar-refractivity contribution in [3.8, 4) is 0 Å². The van der Waals surface area contributed by atoms with Crippen molar-refractivity contribution in [3.63, 3.8) is 0 Å². The van der Waals surface area contributed by atoms with Crippen molar-refractivity contribution in [3.05, 3.63) is 38.2 Å². The van der Waals surface area contributed by atoms with E-state index in [-0.39, 0.29) is 5.69 Å². The quantitative estimate of drug-likeness (QED) is 0.715. The molecule has 2 rings (SSSR count). The van der Waals surface area contributed by atoms with Gasteiger partial charge in [0.25, 0.3) is 11.1 Å². The summed E-state index contributed by atoms with van der Waals surface area (Å²) in [5.74, 6) is -0.541. The zero-order valence-corrected chi connectivity index (χ0v) is 8.37. The van der Waals surface area contributed by atoms with Crippen molar-refractivity contribution in [2.24, 2.45) is 0 Å². The fourth-order valence-corrected chi connectivity index (χ4v) is 1.19. The largest absolute Gasteiger partial charge is 0.433 e. The second kappa shape index (κ2) is 3.40. The average Bonchev–Trinajstić information content (AvgIpc) is 2.19. The van der Waals surface area contributed by atoms with Gasteiger partial charge in [-0.2, -0.15) is 22.8 Å². The molecule has 2 aromatic rings. The van der Waals surface area contributed by atoms with Gasteiger partial charge < -0.3 is 0 Å². The van der Waals surface area contributed by atoms with Crippen molar-refractivity contribution in [2.75, 3.05) is 0 Å². The number of nitrogens with one attached hydrogen (secondary N) is 1. The maximum Gasteiger partial charge on any atom is 0.433 e. The fraction of sp³-hybridized carbons (Fsp3) is 0.250. The van der Waals surface area contributed by atoms with E-state index in [0.717, 1.165) is 0 Å². The molecule has 0 unspecified atom stereocenters. The molecule has 0 fully saturated rings. The molecule has 0 atom stereocenters. The van der Waals surface area contributed by atoms with Crippen LogP contribution in [0, 0.1) is 6.92 Å². The van der Waals surface area contributed by atoms with Crippen LogP contribution in [0.2, 0.25) is 0 Å². The molecule has 0 amide bonds. The highest BCUT2D eigenvalue weighted by Gasteiger charge is 2.33. The van der Waals surface area contributed by atoms with Crippen LogP contribution < -0.4 is 11.1 Å². The summed E-state index contributed by atoms with van der Waals surface area (Å²) in [7, 11) is 0. The van der Waals surface area contributed by atoms with Gasteiger partial charge in [-0.05, 0) is 6.92 Å². The molecule has 0 aromatic carbocycles. The van der Waals surface area contributed by atoms with E-state index in [1.807, 2.05) is 4.98 Å².